The number of benzene rings is 2. The molecule has 8 heteroatoms. The molecule has 1 aliphatic heterocycles. The number of H-pyrrole nitrogens is 1. The summed E-state index contributed by atoms with van der Waals surface area (Å²) in [5, 5.41) is 7.60. The van der Waals surface area contributed by atoms with Gasteiger partial charge in [0.15, 0.2) is 5.69 Å². The van der Waals surface area contributed by atoms with Crippen LogP contribution in [0.5, 0.6) is 0 Å². The zero-order valence-electron chi connectivity index (χ0n) is 15.6. The van der Waals surface area contributed by atoms with Crippen molar-refractivity contribution >= 4 is 34.3 Å². The third kappa shape index (κ3) is 3.73. The number of rotatable bonds is 2. The number of nitrogens with zero attached hydrogens (tertiary/aromatic N) is 3. The molecule has 1 aliphatic rings. The van der Waals surface area contributed by atoms with Crippen LogP contribution in [-0.4, -0.2) is 58.0 Å². The van der Waals surface area contributed by atoms with Gasteiger partial charge in [0, 0.05) is 31.6 Å². The molecule has 0 aliphatic carbocycles. The molecule has 0 bridgehead atoms. The van der Waals surface area contributed by atoms with Crippen LogP contribution in [0.2, 0.25) is 5.02 Å². The molecule has 0 unspecified atom stereocenters. The van der Waals surface area contributed by atoms with Gasteiger partial charge in [-0.25, -0.2) is 0 Å². The van der Waals surface area contributed by atoms with Gasteiger partial charge in [-0.2, -0.15) is 5.10 Å². The summed E-state index contributed by atoms with van der Waals surface area (Å²) < 4.78 is 0. The summed E-state index contributed by atoms with van der Waals surface area (Å²) in [4.78, 5) is 41.7. The average Bonchev–Trinajstić information content (AvgIpc) is 3.00. The summed E-state index contributed by atoms with van der Waals surface area (Å²) in [5.74, 6) is -0.587. The van der Waals surface area contributed by atoms with E-state index in [1.165, 1.54) is 0 Å². The van der Waals surface area contributed by atoms with E-state index in [0.29, 0.717) is 54.1 Å². The molecule has 4 rings (SSSR count). The molecular formula is C21H19ClN4O3. The second-order valence-corrected chi connectivity index (χ2v) is 7.27. The molecule has 1 saturated heterocycles. The molecule has 1 N–H and O–H groups in total. The van der Waals surface area contributed by atoms with Crippen molar-refractivity contribution in [3.05, 3.63) is 75.0 Å². The molecule has 148 valence electrons. The molecule has 3 aromatic rings. The van der Waals surface area contributed by atoms with Crippen molar-refractivity contribution in [3.8, 4) is 0 Å². The lowest BCUT2D eigenvalue weighted by molar-refractivity contribution is 0.0714. The van der Waals surface area contributed by atoms with Gasteiger partial charge in [-0.3, -0.25) is 19.5 Å². The first-order valence-electron chi connectivity index (χ1n) is 9.37. The fourth-order valence-corrected chi connectivity index (χ4v) is 3.71. The van der Waals surface area contributed by atoms with Crippen molar-refractivity contribution in [2.24, 2.45) is 0 Å². The highest BCUT2D eigenvalue weighted by Crippen LogP contribution is 2.18. The van der Waals surface area contributed by atoms with Crippen LogP contribution in [-0.2, 0) is 0 Å². The fourth-order valence-electron chi connectivity index (χ4n) is 3.50. The van der Waals surface area contributed by atoms with Gasteiger partial charge in [-0.15, -0.1) is 0 Å². The highest BCUT2D eigenvalue weighted by atomic mass is 35.5. The second-order valence-electron chi connectivity index (χ2n) is 6.86. The van der Waals surface area contributed by atoms with Crippen LogP contribution >= 0.6 is 11.6 Å². The number of hydrogen-bond donors (Lipinski definition) is 1. The molecule has 0 saturated carbocycles. The molecule has 0 radical (unpaired) electrons. The number of amides is 2. The van der Waals surface area contributed by atoms with Crippen LogP contribution in [0.4, 0.5) is 0 Å². The number of fused-ring (bicyclic) bond motifs is 1. The summed E-state index contributed by atoms with van der Waals surface area (Å²) in [6.45, 7) is 1.64. The number of aromatic amines is 1. The first-order chi connectivity index (χ1) is 14.1. The number of hydrogen-bond acceptors (Lipinski definition) is 4. The van der Waals surface area contributed by atoms with Gasteiger partial charge in [-0.05, 0) is 30.7 Å². The maximum atomic E-state index is 12.9. The van der Waals surface area contributed by atoms with Gasteiger partial charge < -0.3 is 9.80 Å². The predicted molar refractivity (Wildman–Crippen MR) is 110 cm³/mol. The monoisotopic (exact) mass is 410 g/mol. The van der Waals surface area contributed by atoms with Gasteiger partial charge in [-0.1, -0.05) is 35.9 Å². The van der Waals surface area contributed by atoms with E-state index in [0.717, 1.165) is 0 Å². The molecule has 1 aromatic heterocycles. The number of carbonyl (C=O) groups is 2. The van der Waals surface area contributed by atoms with Crippen molar-refractivity contribution in [1.82, 2.24) is 20.0 Å². The molecule has 2 aromatic carbocycles. The normalized spacial score (nSPS) is 14.7. The summed E-state index contributed by atoms with van der Waals surface area (Å²) in [5.41, 5.74) is 0.509. The second kappa shape index (κ2) is 8.05. The number of carbonyl (C=O) groups excluding carboxylic acids is 2. The van der Waals surface area contributed by atoms with Crippen molar-refractivity contribution in [2.75, 3.05) is 26.2 Å². The maximum Gasteiger partial charge on any atom is 0.278 e. The zero-order chi connectivity index (χ0) is 20.4. The van der Waals surface area contributed by atoms with Gasteiger partial charge >= 0.3 is 0 Å². The Balaban J connectivity index is 1.52. The standard InChI is InChI=1S/C21H19ClN4O3/c22-16-8-3-1-6-14(16)20(28)25-10-5-11-26(13-12-25)21(29)18-19(27)15-7-2-4-9-17(15)23-24-18/h1-4,6-9H,5,10-13H2,(H,23,27). The molecule has 7 nitrogen and oxygen atoms in total. The van der Waals surface area contributed by atoms with Crippen LogP contribution in [0.3, 0.4) is 0 Å². The van der Waals surface area contributed by atoms with Gasteiger partial charge in [0.25, 0.3) is 11.8 Å². The summed E-state index contributed by atoms with van der Waals surface area (Å²) in [6, 6.07) is 13.9. The summed E-state index contributed by atoms with van der Waals surface area (Å²) >= 11 is 6.14. The Morgan fingerprint density at radius 2 is 1.55 bits per heavy atom. The molecule has 1 fully saturated rings. The molecule has 2 amide bonds. The topological polar surface area (TPSA) is 86.4 Å². The molecule has 2 heterocycles. The number of para-hydroxylation sites is 1. The molecule has 29 heavy (non-hydrogen) atoms. The Morgan fingerprint density at radius 1 is 0.897 bits per heavy atom. The van der Waals surface area contributed by atoms with Crippen molar-refractivity contribution in [3.63, 3.8) is 0 Å². The quantitative estimate of drug-likeness (QED) is 0.703. The number of aromatic nitrogens is 2. The Kier molecular flexibility index (Phi) is 5.31. The summed E-state index contributed by atoms with van der Waals surface area (Å²) in [7, 11) is 0. The Labute approximate surface area is 171 Å². The van der Waals surface area contributed by atoms with Crippen LogP contribution in [0, 0.1) is 0 Å². The van der Waals surface area contributed by atoms with Crippen LogP contribution in [0.25, 0.3) is 10.9 Å². The van der Waals surface area contributed by atoms with E-state index in [1.807, 2.05) is 0 Å². The summed E-state index contributed by atoms with van der Waals surface area (Å²) in [6.07, 6.45) is 0.605. The number of halogens is 1. The van der Waals surface area contributed by atoms with Crippen LogP contribution in [0.15, 0.2) is 53.3 Å². The van der Waals surface area contributed by atoms with Crippen LogP contribution < -0.4 is 5.43 Å². The fraction of sp³-hybridized carbons (Fsp3) is 0.238. The average molecular weight is 411 g/mol. The van der Waals surface area contributed by atoms with Crippen molar-refractivity contribution in [2.45, 2.75) is 6.42 Å². The Hall–Kier alpha value is -3.19. The SMILES string of the molecule is O=C(c1ccccc1Cl)N1CCCN(C(=O)c2n[nH]c3ccccc3c2=O)CC1. The Bertz CT molecular complexity index is 1140. The van der Waals surface area contributed by atoms with Crippen molar-refractivity contribution < 1.29 is 9.59 Å². The third-order valence-corrected chi connectivity index (χ3v) is 5.38. The first-order valence-corrected chi connectivity index (χ1v) is 9.74. The first kappa shape index (κ1) is 19.1. The zero-order valence-corrected chi connectivity index (χ0v) is 16.4. The third-order valence-electron chi connectivity index (χ3n) is 5.05. The van der Waals surface area contributed by atoms with E-state index in [1.54, 1.807) is 58.3 Å². The lowest BCUT2D eigenvalue weighted by atomic mass is 10.2. The number of nitrogens with one attached hydrogen (secondary N) is 1. The highest BCUT2D eigenvalue weighted by molar-refractivity contribution is 6.33. The largest absolute Gasteiger partial charge is 0.337 e. The minimum Gasteiger partial charge on any atom is -0.337 e. The van der Waals surface area contributed by atoms with Gasteiger partial charge in [0.1, 0.15) is 0 Å². The van der Waals surface area contributed by atoms with E-state index in [2.05, 4.69) is 10.2 Å². The van der Waals surface area contributed by atoms with E-state index in [-0.39, 0.29) is 11.6 Å². The minimum absolute atomic E-state index is 0.130. The van der Waals surface area contributed by atoms with E-state index >= 15 is 0 Å². The van der Waals surface area contributed by atoms with Crippen molar-refractivity contribution in [1.29, 1.82) is 0 Å². The molecule has 0 spiro atoms. The lowest BCUT2D eigenvalue weighted by Crippen LogP contribution is -2.39. The Morgan fingerprint density at radius 3 is 2.31 bits per heavy atom. The van der Waals surface area contributed by atoms with E-state index in [4.69, 9.17) is 11.6 Å². The van der Waals surface area contributed by atoms with Gasteiger partial charge in [0.05, 0.1) is 16.1 Å². The maximum absolute atomic E-state index is 12.9. The van der Waals surface area contributed by atoms with E-state index < -0.39 is 11.3 Å². The smallest absolute Gasteiger partial charge is 0.278 e. The minimum atomic E-state index is -0.427. The lowest BCUT2D eigenvalue weighted by Gasteiger charge is -2.22. The highest BCUT2D eigenvalue weighted by Gasteiger charge is 2.26. The molecule has 0 atom stereocenters. The van der Waals surface area contributed by atoms with Gasteiger partial charge in [0.2, 0.25) is 5.43 Å². The molecular weight excluding hydrogens is 392 g/mol. The van der Waals surface area contributed by atoms with E-state index in [9.17, 15) is 14.4 Å². The van der Waals surface area contributed by atoms with Crippen LogP contribution in [0.1, 0.15) is 27.3 Å². The predicted octanol–water partition coefficient (Wildman–Crippen LogP) is 2.56.